The summed E-state index contributed by atoms with van der Waals surface area (Å²) in [5.41, 5.74) is 3.64. The molecule has 1 N–H and O–H groups in total. The van der Waals surface area contributed by atoms with Crippen molar-refractivity contribution in [2.75, 3.05) is 5.32 Å². The molecule has 3 rings (SSSR count). The Hall–Kier alpha value is -2.31. The molecule has 0 aliphatic carbocycles. The topological polar surface area (TPSA) is 68.0 Å². The Morgan fingerprint density at radius 2 is 1.88 bits per heavy atom. The van der Waals surface area contributed by atoms with Crippen LogP contribution in [-0.2, 0) is 4.79 Å². The fraction of sp³-hybridized carbons (Fsp3) is 0.211. The lowest BCUT2D eigenvalue weighted by Gasteiger charge is -2.12. The highest BCUT2D eigenvalue weighted by molar-refractivity contribution is 8.00. The molecule has 1 heterocycles. The molecule has 0 aliphatic rings. The van der Waals surface area contributed by atoms with Gasteiger partial charge in [0, 0.05) is 16.3 Å². The SMILES string of the molecule is Cc1ccc(-c2nnc(S[C@H](C)C(=O)Nc3cc(Cl)ccc3C)o2)cc1. The van der Waals surface area contributed by atoms with Crippen LogP contribution < -0.4 is 5.32 Å². The minimum Gasteiger partial charge on any atom is -0.411 e. The lowest BCUT2D eigenvalue weighted by atomic mass is 10.1. The van der Waals surface area contributed by atoms with Crippen LogP contribution in [0.5, 0.6) is 0 Å². The third-order valence-corrected chi connectivity index (χ3v) is 4.98. The van der Waals surface area contributed by atoms with E-state index < -0.39 is 5.25 Å². The molecule has 0 unspecified atom stereocenters. The van der Waals surface area contributed by atoms with Crippen LogP contribution >= 0.6 is 23.4 Å². The van der Waals surface area contributed by atoms with Gasteiger partial charge >= 0.3 is 0 Å². The first kappa shape index (κ1) is 18.5. The molecule has 1 aromatic heterocycles. The Morgan fingerprint density at radius 3 is 2.62 bits per heavy atom. The largest absolute Gasteiger partial charge is 0.411 e. The number of nitrogens with zero attached hydrogens (tertiary/aromatic N) is 2. The first-order valence-corrected chi connectivity index (χ1v) is 9.32. The molecule has 26 heavy (non-hydrogen) atoms. The molecule has 0 saturated heterocycles. The number of amides is 1. The second-order valence-electron chi connectivity index (χ2n) is 5.95. The van der Waals surface area contributed by atoms with E-state index in [0.29, 0.717) is 21.8 Å². The van der Waals surface area contributed by atoms with Crippen molar-refractivity contribution in [1.29, 1.82) is 0 Å². The van der Waals surface area contributed by atoms with Gasteiger partial charge in [0.2, 0.25) is 11.8 Å². The lowest BCUT2D eigenvalue weighted by molar-refractivity contribution is -0.115. The predicted molar refractivity (Wildman–Crippen MR) is 105 cm³/mol. The maximum atomic E-state index is 12.4. The van der Waals surface area contributed by atoms with E-state index in [9.17, 15) is 4.79 Å². The summed E-state index contributed by atoms with van der Waals surface area (Å²) in [6, 6.07) is 13.2. The Balaban J connectivity index is 1.66. The van der Waals surface area contributed by atoms with Gasteiger partial charge in [0.25, 0.3) is 5.22 Å². The Bertz CT molecular complexity index is 925. The monoisotopic (exact) mass is 387 g/mol. The smallest absolute Gasteiger partial charge is 0.277 e. The summed E-state index contributed by atoms with van der Waals surface area (Å²) in [4.78, 5) is 12.4. The summed E-state index contributed by atoms with van der Waals surface area (Å²) in [5, 5.41) is 11.5. The van der Waals surface area contributed by atoms with Crippen LogP contribution in [0, 0.1) is 13.8 Å². The van der Waals surface area contributed by atoms with Gasteiger partial charge in [-0.15, -0.1) is 10.2 Å². The zero-order valence-electron chi connectivity index (χ0n) is 14.6. The molecule has 0 bridgehead atoms. The maximum absolute atomic E-state index is 12.4. The second kappa shape index (κ2) is 7.93. The van der Waals surface area contributed by atoms with Gasteiger partial charge in [-0.25, -0.2) is 0 Å². The summed E-state index contributed by atoms with van der Waals surface area (Å²) in [6.45, 7) is 5.71. The Kier molecular flexibility index (Phi) is 5.64. The van der Waals surface area contributed by atoms with Crippen molar-refractivity contribution in [3.63, 3.8) is 0 Å². The summed E-state index contributed by atoms with van der Waals surface area (Å²) in [7, 11) is 0. The van der Waals surface area contributed by atoms with E-state index >= 15 is 0 Å². The summed E-state index contributed by atoms with van der Waals surface area (Å²) >= 11 is 7.20. The molecule has 5 nitrogen and oxygen atoms in total. The number of aromatic nitrogens is 2. The van der Waals surface area contributed by atoms with Crippen molar-refractivity contribution < 1.29 is 9.21 Å². The van der Waals surface area contributed by atoms with E-state index in [1.807, 2.05) is 44.2 Å². The number of anilines is 1. The maximum Gasteiger partial charge on any atom is 0.277 e. The number of nitrogens with one attached hydrogen (secondary N) is 1. The number of rotatable bonds is 5. The quantitative estimate of drug-likeness (QED) is 0.615. The molecule has 3 aromatic rings. The molecule has 2 aromatic carbocycles. The van der Waals surface area contributed by atoms with Crippen molar-refractivity contribution in [1.82, 2.24) is 10.2 Å². The van der Waals surface area contributed by atoms with Crippen molar-refractivity contribution in [3.05, 3.63) is 58.6 Å². The number of carbonyl (C=O) groups is 1. The predicted octanol–water partition coefficient (Wildman–Crippen LogP) is 5.13. The van der Waals surface area contributed by atoms with Gasteiger partial charge in [0.05, 0.1) is 5.25 Å². The number of hydrogen-bond donors (Lipinski definition) is 1. The molecule has 0 saturated carbocycles. The number of aryl methyl sites for hydroxylation is 2. The van der Waals surface area contributed by atoms with E-state index in [2.05, 4.69) is 15.5 Å². The number of carbonyl (C=O) groups excluding carboxylic acids is 1. The Morgan fingerprint density at radius 1 is 1.15 bits per heavy atom. The first-order valence-electron chi connectivity index (χ1n) is 8.06. The molecule has 0 aliphatic heterocycles. The summed E-state index contributed by atoms with van der Waals surface area (Å²) in [6.07, 6.45) is 0. The fourth-order valence-corrected chi connectivity index (χ4v) is 3.09. The van der Waals surface area contributed by atoms with Crippen LogP contribution in [0.25, 0.3) is 11.5 Å². The van der Waals surface area contributed by atoms with Crippen LogP contribution in [-0.4, -0.2) is 21.4 Å². The van der Waals surface area contributed by atoms with Crippen LogP contribution in [0.2, 0.25) is 5.02 Å². The zero-order chi connectivity index (χ0) is 18.7. The van der Waals surface area contributed by atoms with E-state index in [1.165, 1.54) is 11.8 Å². The van der Waals surface area contributed by atoms with Gasteiger partial charge in [-0.2, -0.15) is 0 Å². The minimum atomic E-state index is -0.403. The third-order valence-electron chi connectivity index (χ3n) is 3.81. The normalized spacial score (nSPS) is 12.0. The number of halogens is 1. The molecule has 0 spiro atoms. The van der Waals surface area contributed by atoms with Gasteiger partial charge in [0.1, 0.15) is 0 Å². The fourth-order valence-electron chi connectivity index (χ4n) is 2.24. The minimum absolute atomic E-state index is 0.157. The van der Waals surface area contributed by atoms with E-state index in [0.717, 1.165) is 16.7 Å². The standard InChI is InChI=1S/C19H18ClN3O2S/c1-11-4-7-14(8-5-11)18-22-23-19(25-18)26-13(3)17(24)21-16-10-15(20)9-6-12(16)2/h4-10,13H,1-3H3,(H,21,24)/t13-/m1/s1. The first-order chi connectivity index (χ1) is 12.4. The number of hydrogen-bond acceptors (Lipinski definition) is 5. The molecule has 0 fully saturated rings. The van der Waals surface area contributed by atoms with Crippen molar-refractivity contribution in [2.45, 2.75) is 31.2 Å². The zero-order valence-corrected chi connectivity index (χ0v) is 16.2. The van der Waals surface area contributed by atoms with Crippen molar-refractivity contribution >= 4 is 35.0 Å². The lowest BCUT2D eigenvalue weighted by Crippen LogP contribution is -2.22. The van der Waals surface area contributed by atoms with Crippen LogP contribution in [0.3, 0.4) is 0 Å². The molecular formula is C19H18ClN3O2S. The Labute approximate surface area is 161 Å². The number of benzene rings is 2. The van der Waals surface area contributed by atoms with Crippen LogP contribution in [0.15, 0.2) is 52.1 Å². The highest BCUT2D eigenvalue weighted by Crippen LogP contribution is 2.27. The third kappa shape index (κ3) is 4.45. The van der Waals surface area contributed by atoms with Crippen LogP contribution in [0.4, 0.5) is 5.69 Å². The molecular weight excluding hydrogens is 370 g/mol. The highest BCUT2D eigenvalue weighted by atomic mass is 35.5. The molecule has 0 radical (unpaired) electrons. The van der Waals surface area contributed by atoms with E-state index in [-0.39, 0.29) is 5.91 Å². The highest BCUT2D eigenvalue weighted by Gasteiger charge is 2.19. The van der Waals surface area contributed by atoms with E-state index in [4.69, 9.17) is 16.0 Å². The average Bonchev–Trinajstić information content (AvgIpc) is 3.07. The summed E-state index contributed by atoms with van der Waals surface area (Å²) < 4.78 is 5.66. The van der Waals surface area contributed by atoms with Crippen LogP contribution in [0.1, 0.15) is 18.1 Å². The molecule has 1 atom stereocenters. The van der Waals surface area contributed by atoms with Gasteiger partial charge < -0.3 is 9.73 Å². The second-order valence-corrected chi connectivity index (χ2v) is 7.68. The van der Waals surface area contributed by atoms with Crippen molar-refractivity contribution in [3.8, 4) is 11.5 Å². The van der Waals surface area contributed by atoms with Crippen molar-refractivity contribution in [2.24, 2.45) is 0 Å². The summed E-state index contributed by atoms with van der Waals surface area (Å²) in [5.74, 6) is 0.279. The van der Waals surface area contributed by atoms with Gasteiger partial charge in [-0.05, 0) is 50.6 Å². The number of thioether (sulfide) groups is 1. The molecule has 134 valence electrons. The molecule has 7 heteroatoms. The molecule has 1 amide bonds. The van der Waals surface area contributed by atoms with Gasteiger partial charge in [0.15, 0.2) is 0 Å². The van der Waals surface area contributed by atoms with Gasteiger partial charge in [-0.1, -0.05) is 47.1 Å². The average molecular weight is 388 g/mol. The van der Waals surface area contributed by atoms with E-state index in [1.54, 1.807) is 19.1 Å². The van der Waals surface area contributed by atoms with Gasteiger partial charge in [-0.3, -0.25) is 4.79 Å².